The van der Waals surface area contributed by atoms with Crippen LogP contribution in [0.5, 0.6) is 0 Å². The Labute approximate surface area is 126 Å². The Morgan fingerprint density at radius 3 is 2.95 bits per heavy atom. The smallest absolute Gasteiger partial charge is 0.305 e. The number of ether oxygens (including phenoxy) is 1. The molecule has 0 aromatic carbocycles. The van der Waals surface area contributed by atoms with Crippen molar-refractivity contribution in [3.05, 3.63) is 29.3 Å². The second-order valence-electron chi connectivity index (χ2n) is 4.46. The van der Waals surface area contributed by atoms with Crippen molar-refractivity contribution in [2.75, 3.05) is 20.7 Å². The Kier molecular flexibility index (Phi) is 5.10. The van der Waals surface area contributed by atoms with E-state index in [1.54, 1.807) is 13.1 Å². The Morgan fingerprint density at radius 2 is 2.29 bits per heavy atom. The number of carbonyl (C=O) groups is 2. The number of esters is 1. The summed E-state index contributed by atoms with van der Waals surface area (Å²) in [5.74, 6) is 0.0694. The van der Waals surface area contributed by atoms with Gasteiger partial charge in [-0.05, 0) is 17.9 Å². The van der Waals surface area contributed by atoms with E-state index in [1.807, 2.05) is 17.5 Å². The normalized spacial score (nSPS) is 10.4. The van der Waals surface area contributed by atoms with Gasteiger partial charge in [-0.2, -0.15) is 0 Å². The van der Waals surface area contributed by atoms with Gasteiger partial charge in [0.1, 0.15) is 0 Å². The molecule has 112 valence electrons. The number of aromatic nitrogens is 1. The van der Waals surface area contributed by atoms with E-state index in [-0.39, 0.29) is 24.0 Å². The summed E-state index contributed by atoms with van der Waals surface area (Å²) in [6, 6.07) is 5.44. The highest BCUT2D eigenvalue weighted by Crippen LogP contribution is 2.25. The Morgan fingerprint density at radius 1 is 1.48 bits per heavy atom. The van der Waals surface area contributed by atoms with Gasteiger partial charge in [-0.3, -0.25) is 9.59 Å². The second-order valence-corrected chi connectivity index (χ2v) is 5.41. The molecular formula is C14H16N2O4S. The van der Waals surface area contributed by atoms with Crippen LogP contribution in [0.3, 0.4) is 0 Å². The van der Waals surface area contributed by atoms with Gasteiger partial charge in [0.15, 0.2) is 11.5 Å². The van der Waals surface area contributed by atoms with E-state index in [2.05, 4.69) is 9.89 Å². The lowest BCUT2D eigenvalue weighted by molar-refractivity contribution is -0.140. The molecule has 2 aromatic heterocycles. The van der Waals surface area contributed by atoms with Crippen molar-refractivity contribution in [2.24, 2.45) is 0 Å². The van der Waals surface area contributed by atoms with E-state index in [0.29, 0.717) is 18.7 Å². The molecule has 0 N–H and O–H groups in total. The zero-order chi connectivity index (χ0) is 15.2. The first-order valence-electron chi connectivity index (χ1n) is 6.44. The molecule has 0 spiro atoms. The van der Waals surface area contributed by atoms with Crippen LogP contribution in [0.1, 0.15) is 23.3 Å². The molecule has 0 aliphatic rings. The third kappa shape index (κ3) is 3.91. The summed E-state index contributed by atoms with van der Waals surface area (Å²) >= 11 is 1.52. The van der Waals surface area contributed by atoms with Crippen molar-refractivity contribution in [2.45, 2.75) is 12.8 Å². The lowest BCUT2D eigenvalue weighted by atomic mass is 10.2. The van der Waals surface area contributed by atoms with Gasteiger partial charge in [0, 0.05) is 26.1 Å². The van der Waals surface area contributed by atoms with E-state index >= 15 is 0 Å². The van der Waals surface area contributed by atoms with E-state index < -0.39 is 0 Å². The summed E-state index contributed by atoms with van der Waals surface area (Å²) < 4.78 is 9.73. The predicted molar refractivity (Wildman–Crippen MR) is 78.0 cm³/mol. The minimum atomic E-state index is -0.280. The van der Waals surface area contributed by atoms with Crippen LogP contribution in [-0.2, 0) is 9.53 Å². The van der Waals surface area contributed by atoms with Crippen LogP contribution >= 0.6 is 11.3 Å². The Bertz CT molecular complexity index is 606. The highest BCUT2D eigenvalue weighted by Gasteiger charge is 2.18. The number of carbonyl (C=O) groups excluding carboxylic acids is 2. The standard InChI is InChI=1S/C14H16N2O4S/c1-16(7-3-6-13(17)19-2)14(18)10-9-11(20-15-10)12-5-4-8-21-12/h4-5,8-9H,3,6-7H2,1-2H3. The van der Waals surface area contributed by atoms with E-state index in [1.165, 1.54) is 23.3 Å². The fourth-order valence-corrected chi connectivity index (χ4v) is 2.44. The summed E-state index contributed by atoms with van der Waals surface area (Å²) in [5, 5.41) is 5.73. The number of methoxy groups -OCH3 is 1. The van der Waals surface area contributed by atoms with Crippen molar-refractivity contribution < 1.29 is 18.8 Å². The minimum absolute atomic E-state index is 0.230. The first-order valence-corrected chi connectivity index (χ1v) is 7.32. The zero-order valence-electron chi connectivity index (χ0n) is 11.9. The van der Waals surface area contributed by atoms with Crippen LogP contribution in [-0.4, -0.2) is 42.6 Å². The van der Waals surface area contributed by atoms with Crippen molar-refractivity contribution >= 4 is 23.2 Å². The van der Waals surface area contributed by atoms with Crippen LogP contribution in [0, 0.1) is 0 Å². The maximum absolute atomic E-state index is 12.2. The maximum Gasteiger partial charge on any atom is 0.305 e. The monoisotopic (exact) mass is 308 g/mol. The lowest BCUT2D eigenvalue weighted by Gasteiger charge is -2.14. The van der Waals surface area contributed by atoms with Crippen LogP contribution in [0.2, 0.25) is 0 Å². The topological polar surface area (TPSA) is 72.6 Å². The Balaban J connectivity index is 1.92. The molecule has 0 aliphatic heterocycles. The summed E-state index contributed by atoms with van der Waals surface area (Å²) in [4.78, 5) is 25.6. The van der Waals surface area contributed by atoms with Crippen molar-refractivity contribution in [1.29, 1.82) is 0 Å². The first-order chi connectivity index (χ1) is 10.1. The average molecular weight is 308 g/mol. The maximum atomic E-state index is 12.2. The molecule has 21 heavy (non-hydrogen) atoms. The highest BCUT2D eigenvalue weighted by atomic mass is 32.1. The van der Waals surface area contributed by atoms with E-state index in [4.69, 9.17) is 4.52 Å². The van der Waals surface area contributed by atoms with Crippen LogP contribution < -0.4 is 0 Å². The van der Waals surface area contributed by atoms with E-state index in [0.717, 1.165) is 4.88 Å². The van der Waals surface area contributed by atoms with Crippen LogP contribution in [0.25, 0.3) is 10.6 Å². The van der Waals surface area contributed by atoms with Crippen molar-refractivity contribution in [3.63, 3.8) is 0 Å². The highest BCUT2D eigenvalue weighted by molar-refractivity contribution is 7.13. The molecule has 0 aliphatic carbocycles. The minimum Gasteiger partial charge on any atom is -0.469 e. The largest absolute Gasteiger partial charge is 0.469 e. The number of thiophene rings is 1. The molecule has 1 amide bonds. The van der Waals surface area contributed by atoms with Gasteiger partial charge in [-0.15, -0.1) is 11.3 Å². The quantitative estimate of drug-likeness (QED) is 0.766. The number of hydrogen-bond acceptors (Lipinski definition) is 6. The van der Waals surface area contributed by atoms with Gasteiger partial charge in [0.2, 0.25) is 0 Å². The Hall–Kier alpha value is -2.15. The van der Waals surface area contributed by atoms with Crippen molar-refractivity contribution in [1.82, 2.24) is 10.1 Å². The van der Waals surface area contributed by atoms with Crippen LogP contribution in [0.4, 0.5) is 0 Å². The first kappa shape index (κ1) is 15.2. The molecule has 0 fully saturated rings. The number of nitrogens with zero attached hydrogens (tertiary/aromatic N) is 2. The molecule has 0 atom stereocenters. The molecule has 7 heteroatoms. The molecule has 2 heterocycles. The zero-order valence-corrected chi connectivity index (χ0v) is 12.7. The molecule has 2 rings (SSSR count). The SMILES string of the molecule is COC(=O)CCCN(C)C(=O)c1cc(-c2cccs2)on1. The molecule has 0 unspecified atom stereocenters. The van der Waals surface area contributed by atoms with Gasteiger partial charge < -0.3 is 14.2 Å². The van der Waals surface area contributed by atoms with Crippen LogP contribution in [0.15, 0.2) is 28.1 Å². The summed E-state index contributed by atoms with van der Waals surface area (Å²) in [6.45, 7) is 0.454. The number of amides is 1. The third-order valence-electron chi connectivity index (χ3n) is 2.94. The number of rotatable bonds is 6. The molecule has 0 radical (unpaired) electrons. The summed E-state index contributed by atoms with van der Waals surface area (Å²) in [6.07, 6.45) is 0.831. The fraction of sp³-hybridized carbons (Fsp3) is 0.357. The van der Waals surface area contributed by atoms with E-state index in [9.17, 15) is 9.59 Å². The number of hydrogen-bond donors (Lipinski definition) is 0. The predicted octanol–water partition coefficient (Wildman–Crippen LogP) is 2.43. The average Bonchev–Trinajstić information content (AvgIpc) is 3.16. The summed E-state index contributed by atoms with van der Waals surface area (Å²) in [5.41, 5.74) is 0.263. The molecular weight excluding hydrogens is 292 g/mol. The van der Waals surface area contributed by atoms with Gasteiger partial charge in [-0.1, -0.05) is 11.2 Å². The van der Waals surface area contributed by atoms with Gasteiger partial charge in [0.05, 0.1) is 12.0 Å². The third-order valence-corrected chi connectivity index (χ3v) is 3.83. The molecule has 2 aromatic rings. The molecule has 0 saturated carbocycles. The lowest BCUT2D eigenvalue weighted by Crippen LogP contribution is -2.28. The summed E-state index contributed by atoms with van der Waals surface area (Å²) in [7, 11) is 3.01. The van der Waals surface area contributed by atoms with Gasteiger partial charge in [-0.25, -0.2) is 0 Å². The fourth-order valence-electron chi connectivity index (χ4n) is 1.77. The van der Waals surface area contributed by atoms with Crippen molar-refractivity contribution in [3.8, 4) is 10.6 Å². The van der Waals surface area contributed by atoms with Gasteiger partial charge >= 0.3 is 5.97 Å². The van der Waals surface area contributed by atoms with Gasteiger partial charge in [0.25, 0.3) is 5.91 Å². The second kappa shape index (κ2) is 7.03. The molecule has 0 saturated heterocycles. The molecule has 6 nitrogen and oxygen atoms in total. The molecule has 0 bridgehead atoms.